The molecule has 25 heavy (non-hydrogen) atoms. The standard InChI is InChI=1S/C21H22N2O2/c1-3-19(24)23-21(14-7-5-4-6-8-14)18-11-9-15-13-16(25-2)10-12-17(15)20(18)22-23/h4-8,10,12-13,18,21H,3,9,11H2,1-2H3/t18-,21+/m0/s1. The zero-order chi connectivity index (χ0) is 17.4. The molecular weight excluding hydrogens is 312 g/mol. The second-order valence-corrected chi connectivity index (χ2v) is 6.60. The van der Waals surface area contributed by atoms with Crippen LogP contribution in [-0.2, 0) is 11.2 Å². The Bertz CT molecular complexity index is 829. The summed E-state index contributed by atoms with van der Waals surface area (Å²) in [6.07, 6.45) is 2.43. The Balaban J connectivity index is 1.79. The number of hydrogen-bond acceptors (Lipinski definition) is 3. The maximum Gasteiger partial charge on any atom is 0.242 e. The van der Waals surface area contributed by atoms with Crippen molar-refractivity contribution >= 4 is 11.6 Å². The zero-order valence-corrected chi connectivity index (χ0v) is 14.6. The lowest BCUT2D eigenvalue weighted by atomic mass is 9.77. The molecule has 2 aliphatic rings. The number of methoxy groups -OCH3 is 1. The number of carbonyl (C=O) groups is 1. The Morgan fingerprint density at radius 3 is 2.76 bits per heavy atom. The Kier molecular flexibility index (Phi) is 4.04. The molecular formula is C21H22N2O2. The van der Waals surface area contributed by atoms with E-state index in [1.54, 1.807) is 12.1 Å². The van der Waals surface area contributed by atoms with E-state index in [0.717, 1.165) is 35.4 Å². The van der Waals surface area contributed by atoms with Crippen molar-refractivity contribution in [3.8, 4) is 5.75 Å². The predicted octanol–water partition coefficient (Wildman–Crippen LogP) is 3.96. The first-order valence-electron chi connectivity index (χ1n) is 8.85. The molecule has 1 aliphatic heterocycles. The molecule has 0 spiro atoms. The molecule has 1 heterocycles. The smallest absolute Gasteiger partial charge is 0.242 e. The monoisotopic (exact) mass is 334 g/mol. The number of nitrogens with zero attached hydrogens (tertiary/aromatic N) is 2. The molecule has 4 heteroatoms. The molecule has 0 aromatic heterocycles. The van der Waals surface area contributed by atoms with Crippen LogP contribution >= 0.6 is 0 Å². The van der Waals surface area contributed by atoms with E-state index in [2.05, 4.69) is 24.3 Å². The third kappa shape index (κ3) is 2.62. The van der Waals surface area contributed by atoms with Crippen LogP contribution in [0.15, 0.2) is 53.6 Å². The Hall–Kier alpha value is -2.62. The van der Waals surface area contributed by atoms with Crippen molar-refractivity contribution in [3.05, 3.63) is 65.2 Å². The van der Waals surface area contributed by atoms with Crippen molar-refractivity contribution < 1.29 is 9.53 Å². The second-order valence-electron chi connectivity index (χ2n) is 6.60. The summed E-state index contributed by atoms with van der Waals surface area (Å²) in [5.74, 6) is 1.20. The zero-order valence-electron chi connectivity index (χ0n) is 14.6. The summed E-state index contributed by atoms with van der Waals surface area (Å²) in [4.78, 5) is 12.6. The van der Waals surface area contributed by atoms with Crippen LogP contribution < -0.4 is 4.74 Å². The van der Waals surface area contributed by atoms with E-state index in [1.165, 1.54) is 5.56 Å². The molecule has 128 valence electrons. The fourth-order valence-corrected chi connectivity index (χ4v) is 3.98. The van der Waals surface area contributed by atoms with E-state index in [-0.39, 0.29) is 17.9 Å². The molecule has 0 saturated heterocycles. The molecule has 2 aromatic carbocycles. The van der Waals surface area contributed by atoms with Crippen LogP contribution in [0.25, 0.3) is 0 Å². The minimum absolute atomic E-state index is 0.00102. The number of amides is 1. The molecule has 0 radical (unpaired) electrons. The second kappa shape index (κ2) is 6.36. The third-order valence-corrected chi connectivity index (χ3v) is 5.22. The molecule has 0 saturated carbocycles. The first-order chi connectivity index (χ1) is 12.2. The highest BCUT2D eigenvalue weighted by Gasteiger charge is 2.43. The largest absolute Gasteiger partial charge is 0.497 e. The van der Waals surface area contributed by atoms with Crippen molar-refractivity contribution in [2.45, 2.75) is 32.2 Å². The van der Waals surface area contributed by atoms with Crippen LogP contribution in [-0.4, -0.2) is 23.7 Å². The average Bonchev–Trinajstić information content (AvgIpc) is 3.07. The quantitative estimate of drug-likeness (QED) is 0.853. The van der Waals surface area contributed by atoms with Gasteiger partial charge in [-0.25, -0.2) is 5.01 Å². The van der Waals surface area contributed by atoms with E-state index in [1.807, 2.05) is 31.2 Å². The van der Waals surface area contributed by atoms with Gasteiger partial charge < -0.3 is 4.74 Å². The summed E-state index contributed by atoms with van der Waals surface area (Å²) in [6, 6.07) is 16.4. The van der Waals surface area contributed by atoms with Gasteiger partial charge in [-0.05, 0) is 42.2 Å². The topological polar surface area (TPSA) is 41.9 Å². The van der Waals surface area contributed by atoms with E-state index < -0.39 is 0 Å². The van der Waals surface area contributed by atoms with Gasteiger partial charge in [0, 0.05) is 17.9 Å². The van der Waals surface area contributed by atoms with Crippen LogP contribution in [0.4, 0.5) is 0 Å². The van der Waals surface area contributed by atoms with Crippen molar-refractivity contribution in [1.29, 1.82) is 0 Å². The Morgan fingerprint density at radius 1 is 1.24 bits per heavy atom. The van der Waals surface area contributed by atoms with E-state index in [0.29, 0.717) is 6.42 Å². The predicted molar refractivity (Wildman–Crippen MR) is 97.7 cm³/mol. The SMILES string of the molecule is CCC(=O)N1N=C2c3ccc(OC)cc3CC[C@@H]2[C@H]1c1ccccc1. The van der Waals surface area contributed by atoms with Gasteiger partial charge in [-0.2, -0.15) is 5.10 Å². The summed E-state index contributed by atoms with van der Waals surface area (Å²) < 4.78 is 5.35. The first kappa shape index (κ1) is 15.9. The Morgan fingerprint density at radius 2 is 2.04 bits per heavy atom. The van der Waals surface area contributed by atoms with Gasteiger partial charge in [0.25, 0.3) is 0 Å². The molecule has 1 aliphatic carbocycles. The first-order valence-corrected chi connectivity index (χ1v) is 8.85. The van der Waals surface area contributed by atoms with E-state index >= 15 is 0 Å². The number of hydrazone groups is 1. The van der Waals surface area contributed by atoms with Crippen molar-refractivity contribution in [2.75, 3.05) is 7.11 Å². The van der Waals surface area contributed by atoms with E-state index in [9.17, 15) is 4.79 Å². The number of hydrogen-bond donors (Lipinski definition) is 0. The highest BCUT2D eigenvalue weighted by molar-refractivity contribution is 6.07. The van der Waals surface area contributed by atoms with Crippen LogP contribution in [0.2, 0.25) is 0 Å². The average molecular weight is 334 g/mol. The summed E-state index contributed by atoms with van der Waals surface area (Å²) in [5.41, 5.74) is 4.61. The van der Waals surface area contributed by atoms with E-state index in [4.69, 9.17) is 9.84 Å². The number of ether oxygens (including phenoxy) is 1. The third-order valence-electron chi connectivity index (χ3n) is 5.22. The van der Waals surface area contributed by atoms with Gasteiger partial charge in [0.15, 0.2) is 0 Å². The molecule has 4 nitrogen and oxygen atoms in total. The summed E-state index contributed by atoms with van der Waals surface area (Å²) in [6.45, 7) is 1.89. The number of aryl methyl sites for hydroxylation is 1. The van der Waals surface area contributed by atoms with Crippen molar-refractivity contribution in [1.82, 2.24) is 5.01 Å². The normalized spacial score (nSPS) is 21.4. The number of carbonyl (C=O) groups excluding carboxylic acids is 1. The van der Waals surface area contributed by atoms with Crippen molar-refractivity contribution in [3.63, 3.8) is 0 Å². The van der Waals surface area contributed by atoms with Gasteiger partial charge in [0.05, 0.1) is 18.9 Å². The van der Waals surface area contributed by atoms with Gasteiger partial charge in [0.1, 0.15) is 5.75 Å². The number of fused-ring (bicyclic) bond motifs is 3. The van der Waals surface area contributed by atoms with Gasteiger partial charge in [0.2, 0.25) is 5.91 Å². The van der Waals surface area contributed by atoms with Gasteiger partial charge in [-0.1, -0.05) is 37.3 Å². The molecule has 2 aromatic rings. The molecule has 0 bridgehead atoms. The van der Waals surface area contributed by atoms with Crippen LogP contribution in [0.1, 0.15) is 42.5 Å². The van der Waals surface area contributed by atoms with Gasteiger partial charge in [-0.15, -0.1) is 0 Å². The van der Waals surface area contributed by atoms with Crippen LogP contribution in [0.3, 0.4) is 0 Å². The molecule has 2 atom stereocenters. The minimum Gasteiger partial charge on any atom is -0.497 e. The lowest BCUT2D eigenvalue weighted by molar-refractivity contribution is -0.133. The fraction of sp³-hybridized carbons (Fsp3) is 0.333. The highest BCUT2D eigenvalue weighted by atomic mass is 16.5. The molecule has 0 N–H and O–H groups in total. The maximum atomic E-state index is 12.6. The van der Waals surface area contributed by atoms with Gasteiger partial charge in [-0.3, -0.25) is 4.79 Å². The molecule has 1 amide bonds. The van der Waals surface area contributed by atoms with Gasteiger partial charge >= 0.3 is 0 Å². The Labute approximate surface area is 148 Å². The summed E-state index contributed by atoms with van der Waals surface area (Å²) in [5, 5.41) is 6.51. The summed E-state index contributed by atoms with van der Waals surface area (Å²) >= 11 is 0. The minimum atomic E-state index is -0.00102. The maximum absolute atomic E-state index is 12.6. The lowest BCUT2D eigenvalue weighted by Gasteiger charge is -2.29. The fourth-order valence-electron chi connectivity index (χ4n) is 3.98. The molecule has 0 unspecified atom stereocenters. The van der Waals surface area contributed by atoms with Crippen LogP contribution in [0, 0.1) is 5.92 Å². The highest BCUT2D eigenvalue weighted by Crippen LogP contribution is 2.44. The summed E-state index contributed by atoms with van der Waals surface area (Å²) in [7, 11) is 1.69. The number of benzene rings is 2. The molecule has 4 rings (SSSR count). The number of rotatable bonds is 3. The molecule has 0 fully saturated rings. The lowest BCUT2D eigenvalue weighted by Crippen LogP contribution is -2.31. The van der Waals surface area contributed by atoms with Crippen LogP contribution in [0.5, 0.6) is 5.75 Å². The van der Waals surface area contributed by atoms with Crippen molar-refractivity contribution in [2.24, 2.45) is 11.0 Å².